The lowest BCUT2D eigenvalue weighted by Gasteiger charge is -2.10. The molecule has 1 aromatic carbocycles. The molecule has 0 bridgehead atoms. The molecule has 0 aliphatic rings. The Morgan fingerprint density at radius 1 is 1.29 bits per heavy atom. The van der Waals surface area contributed by atoms with E-state index in [9.17, 15) is 4.79 Å². The molecule has 1 aromatic heterocycles. The van der Waals surface area contributed by atoms with Crippen molar-refractivity contribution in [2.45, 2.75) is 40.7 Å². The molecule has 0 saturated heterocycles. The maximum absolute atomic E-state index is 12.4. The highest BCUT2D eigenvalue weighted by Crippen LogP contribution is 2.26. The molecule has 0 atom stereocenters. The summed E-state index contributed by atoms with van der Waals surface area (Å²) in [5.74, 6) is 0.576. The van der Waals surface area contributed by atoms with E-state index >= 15 is 0 Å². The molecule has 128 valence electrons. The molecule has 2 rings (SSSR count). The van der Waals surface area contributed by atoms with Crippen LogP contribution in [0.15, 0.2) is 30.3 Å². The Morgan fingerprint density at radius 2 is 1.96 bits per heavy atom. The molecular formula is C19H25N3O2. The SMILES string of the molecule is COc1ccccc1/C(C)=C/C(=O)Nc1c(C)nn(C(C)C)c1C. The molecule has 5 heteroatoms. The summed E-state index contributed by atoms with van der Waals surface area (Å²) in [6, 6.07) is 7.90. The van der Waals surface area contributed by atoms with Crippen molar-refractivity contribution < 1.29 is 9.53 Å². The zero-order valence-corrected chi connectivity index (χ0v) is 15.2. The number of benzene rings is 1. The van der Waals surface area contributed by atoms with Crippen LogP contribution >= 0.6 is 0 Å². The summed E-state index contributed by atoms with van der Waals surface area (Å²) in [5.41, 5.74) is 4.30. The highest BCUT2D eigenvalue weighted by molar-refractivity contribution is 6.04. The van der Waals surface area contributed by atoms with Crippen LogP contribution in [0.25, 0.3) is 5.57 Å². The van der Waals surface area contributed by atoms with Gasteiger partial charge in [-0.15, -0.1) is 0 Å². The number of ether oxygens (including phenoxy) is 1. The first-order chi connectivity index (χ1) is 11.3. The number of carbonyl (C=O) groups excluding carboxylic acids is 1. The van der Waals surface area contributed by atoms with Gasteiger partial charge in [-0.2, -0.15) is 5.10 Å². The standard InChI is InChI=1S/C19H25N3O2/c1-12(2)22-15(5)19(14(4)21-22)20-18(23)11-13(3)16-9-7-8-10-17(16)24-6/h7-12H,1-6H3,(H,20,23)/b13-11+. The van der Waals surface area contributed by atoms with Crippen molar-refractivity contribution >= 4 is 17.2 Å². The van der Waals surface area contributed by atoms with Gasteiger partial charge in [0, 0.05) is 17.7 Å². The predicted molar refractivity (Wildman–Crippen MR) is 97.4 cm³/mol. The minimum Gasteiger partial charge on any atom is -0.496 e. The van der Waals surface area contributed by atoms with Gasteiger partial charge < -0.3 is 10.1 Å². The fourth-order valence-corrected chi connectivity index (χ4v) is 2.75. The van der Waals surface area contributed by atoms with Gasteiger partial charge in [-0.1, -0.05) is 18.2 Å². The Kier molecular flexibility index (Phi) is 5.44. The van der Waals surface area contributed by atoms with E-state index in [-0.39, 0.29) is 11.9 Å². The van der Waals surface area contributed by atoms with Crippen molar-refractivity contribution in [3.05, 3.63) is 47.3 Å². The molecule has 0 spiro atoms. The van der Waals surface area contributed by atoms with Crippen molar-refractivity contribution in [3.63, 3.8) is 0 Å². The molecule has 0 unspecified atom stereocenters. The number of para-hydroxylation sites is 1. The fraction of sp³-hybridized carbons (Fsp3) is 0.368. The molecule has 1 amide bonds. The number of methoxy groups -OCH3 is 1. The van der Waals surface area contributed by atoms with E-state index in [0.717, 1.165) is 34.0 Å². The number of carbonyl (C=O) groups is 1. The van der Waals surface area contributed by atoms with Crippen LogP contribution in [0.2, 0.25) is 0 Å². The van der Waals surface area contributed by atoms with E-state index in [1.165, 1.54) is 0 Å². The van der Waals surface area contributed by atoms with Gasteiger partial charge in [0.2, 0.25) is 5.91 Å². The number of hydrogen-bond acceptors (Lipinski definition) is 3. The summed E-state index contributed by atoms with van der Waals surface area (Å²) in [7, 11) is 1.62. The van der Waals surface area contributed by atoms with Gasteiger partial charge in [0.15, 0.2) is 0 Å². The van der Waals surface area contributed by atoms with Crippen LogP contribution in [-0.2, 0) is 4.79 Å². The summed E-state index contributed by atoms with van der Waals surface area (Å²) in [6.45, 7) is 9.90. The lowest BCUT2D eigenvalue weighted by Crippen LogP contribution is -2.11. The largest absolute Gasteiger partial charge is 0.496 e. The summed E-state index contributed by atoms with van der Waals surface area (Å²) in [4.78, 5) is 12.4. The maximum atomic E-state index is 12.4. The van der Waals surface area contributed by atoms with Crippen LogP contribution in [-0.4, -0.2) is 22.8 Å². The second-order valence-electron chi connectivity index (χ2n) is 6.10. The highest BCUT2D eigenvalue weighted by Gasteiger charge is 2.15. The van der Waals surface area contributed by atoms with Gasteiger partial charge in [0.05, 0.1) is 24.2 Å². The zero-order valence-electron chi connectivity index (χ0n) is 15.2. The number of rotatable bonds is 5. The molecule has 0 radical (unpaired) electrons. The van der Waals surface area contributed by atoms with Gasteiger partial charge in [0.25, 0.3) is 0 Å². The predicted octanol–water partition coefficient (Wildman–Crippen LogP) is 4.13. The minimum atomic E-state index is -0.173. The molecule has 2 aromatic rings. The average Bonchev–Trinajstić information content (AvgIpc) is 2.83. The lowest BCUT2D eigenvalue weighted by atomic mass is 10.1. The van der Waals surface area contributed by atoms with E-state index in [1.807, 2.05) is 49.7 Å². The van der Waals surface area contributed by atoms with Crippen LogP contribution in [0.4, 0.5) is 5.69 Å². The molecule has 5 nitrogen and oxygen atoms in total. The van der Waals surface area contributed by atoms with Crippen molar-refractivity contribution in [3.8, 4) is 5.75 Å². The van der Waals surface area contributed by atoms with E-state index in [0.29, 0.717) is 0 Å². The number of nitrogens with one attached hydrogen (secondary N) is 1. The summed E-state index contributed by atoms with van der Waals surface area (Å²) in [5, 5.41) is 7.44. The third-order valence-corrected chi connectivity index (χ3v) is 3.94. The number of nitrogens with zero attached hydrogens (tertiary/aromatic N) is 2. The maximum Gasteiger partial charge on any atom is 0.248 e. The van der Waals surface area contributed by atoms with E-state index in [2.05, 4.69) is 24.3 Å². The molecule has 0 aliphatic carbocycles. The van der Waals surface area contributed by atoms with Crippen LogP contribution < -0.4 is 10.1 Å². The average molecular weight is 327 g/mol. The molecule has 0 aliphatic heterocycles. The summed E-state index contributed by atoms with van der Waals surface area (Å²) < 4.78 is 7.27. The minimum absolute atomic E-state index is 0.173. The number of aromatic nitrogens is 2. The molecule has 24 heavy (non-hydrogen) atoms. The molecule has 1 heterocycles. The summed E-state index contributed by atoms with van der Waals surface area (Å²) in [6.07, 6.45) is 1.59. The first kappa shape index (κ1) is 17.8. The molecular weight excluding hydrogens is 302 g/mol. The topological polar surface area (TPSA) is 56.1 Å². The van der Waals surface area contributed by atoms with Gasteiger partial charge in [-0.05, 0) is 46.3 Å². The molecule has 0 saturated carbocycles. The quantitative estimate of drug-likeness (QED) is 0.840. The third-order valence-electron chi connectivity index (χ3n) is 3.94. The van der Waals surface area contributed by atoms with Crippen molar-refractivity contribution in [1.29, 1.82) is 0 Å². The number of allylic oxidation sites excluding steroid dienone is 1. The first-order valence-corrected chi connectivity index (χ1v) is 8.03. The van der Waals surface area contributed by atoms with E-state index in [4.69, 9.17) is 4.74 Å². The molecule has 1 N–H and O–H groups in total. The third kappa shape index (κ3) is 3.67. The Hall–Kier alpha value is -2.56. The van der Waals surface area contributed by atoms with E-state index < -0.39 is 0 Å². The van der Waals surface area contributed by atoms with Gasteiger partial charge in [0.1, 0.15) is 5.75 Å². The number of hydrogen-bond donors (Lipinski definition) is 1. The van der Waals surface area contributed by atoms with Crippen LogP contribution in [0.5, 0.6) is 5.75 Å². The van der Waals surface area contributed by atoms with Crippen LogP contribution in [0.1, 0.15) is 43.8 Å². The molecule has 0 fully saturated rings. The van der Waals surface area contributed by atoms with E-state index in [1.54, 1.807) is 13.2 Å². The Balaban J connectivity index is 2.25. The Labute approximate surface area is 143 Å². The first-order valence-electron chi connectivity index (χ1n) is 8.03. The lowest BCUT2D eigenvalue weighted by molar-refractivity contribution is -0.111. The fourth-order valence-electron chi connectivity index (χ4n) is 2.75. The Bertz CT molecular complexity index is 773. The Morgan fingerprint density at radius 3 is 2.54 bits per heavy atom. The zero-order chi connectivity index (χ0) is 17.9. The highest BCUT2D eigenvalue weighted by atomic mass is 16.5. The smallest absolute Gasteiger partial charge is 0.248 e. The number of aryl methyl sites for hydroxylation is 1. The van der Waals surface area contributed by atoms with Crippen molar-refractivity contribution in [1.82, 2.24) is 9.78 Å². The van der Waals surface area contributed by atoms with Gasteiger partial charge in [-0.3, -0.25) is 9.48 Å². The number of amides is 1. The second-order valence-corrected chi connectivity index (χ2v) is 6.10. The normalized spacial score (nSPS) is 11.7. The van der Waals surface area contributed by atoms with Crippen molar-refractivity contribution in [2.75, 3.05) is 12.4 Å². The second kappa shape index (κ2) is 7.34. The van der Waals surface area contributed by atoms with Crippen molar-refractivity contribution in [2.24, 2.45) is 0 Å². The van der Waals surface area contributed by atoms with Crippen LogP contribution in [0.3, 0.4) is 0 Å². The summed E-state index contributed by atoms with van der Waals surface area (Å²) >= 11 is 0. The van der Waals surface area contributed by atoms with Gasteiger partial charge >= 0.3 is 0 Å². The monoisotopic (exact) mass is 327 g/mol. The van der Waals surface area contributed by atoms with Gasteiger partial charge in [-0.25, -0.2) is 0 Å². The number of anilines is 1. The van der Waals surface area contributed by atoms with Crippen LogP contribution in [0, 0.1) is 13.8 Å².